The first-order chi connectivity index (χ1) is 14.2. The van der Waals surface area contributed by atoms with Gasteiger partial charge in [0.2, 0.25) is 0 Å². The molecule has 160 valence electrons. The summed E-state index contributed by atoms with van der Waals surface area (Å²) in [4.78, 5) is 11.1. The summed E-state index contributed by atoms with van der Waals surface area (Å²) < 4.78 is 26.4. The molecule has 0 aliphatic rings. The average Bonchev–Trinajstić information content (AvgIpc) is 2.99. The van der Waals surface area contributed by atoms with Gasteiger partial charge in [0.25, 0.3) is 0 Å². The summed E-state index contributed by atoms with van der Waals surface area (Å²) in [6, 6.07) is 10.2. The van der Waals surface area contributed by atoms with Crippen LogP contribution in [0, 0.1) is 0 Å². The van der Waals surface area contributed by atoms with Gasteiger partial charge in [-0.15, -0.1) is 0 Å². The van der Waals surface area contributed by atoms with Crippen LogP contribution in [0.2, 0.25) is 5.02 Å². The van der Waals surface area contributed by atoms with Crippen LogP contribution in [-0.2, 0) is 13.0 Å². The molecule has 2 aromatic carbocycles. The van der Waals surface area contributed by atoms with Gasteiger partial charge < -0.3 is 24.3 Å². The number of aliphatic hydroxyl groups is 1. The number of nitrogens with zero attached hydrogens (tertiary/aromatic N) is 1. The van der Waals surface area contributed by atoms with Crippen molar-refractivity contribution in [3.8, 4) is 11.5 Å². The Bertz CT molecular complexity index is 1060. The standard InChI is InChI=1S/C22H23ClFNO5/c1-22(2,24)13-29-18-7-6-16(23)10-15(18)12-25-11-14(8-9-26)20-17(25)4-3-5-19(20)30-21(27)28/h3-7,10-11,26H,8-9,12-13H2,1-2H3,(H,27,28). The summed E-state index contributed by atoms with van der Waals surface area (Å²) in [6.07, 6.45) is 0.752. The predicted octanol–water partition coefficient (Wildman–Crippen LogP) is 5.06. The number of aromatic nitrogens is 1. The van der Waals surface area contributed by atoms with E-state index in [9.17, 15) is 14.3 Å². The fourth-order valence-corrected chi connectivity index (χ4v) is 3.46. The van der Waals surface area contributed by atoms with Crippen molar-refractivity contribution >= 4 is 28.7 Å². The van der Waals surface area contributed by atoms with Gasteiger partial charge in [-0.2, -0.15) is 0 Å². The van der Waals surface area contributed by atoms with Crippen molar-refractivity contribution in [3.63, 3.8) is 0 Å². The third-order valence-corrected chi connectivity index (χ3v) is 4.69. The highest BCUT2D eigenvalue weighted by Gasteiger charge is 2.19. The van der Waals surface area contributed by atoms with Crippen LogP contribution in [-0.4, -0.2) is 39.8 Å². The zero-order chi connectivity index (χ0) is 21.9. The molecule has 0 unspecified atom stereocenters. The normalized spacial score (nSPS) is 11.6. The monoisotopic (exact) mass is 435 g/mol. The minimum Gasteiger partial charge on any atom is -0.490 e. The first-order valence-corrected chi connectivity index (χ1v) is 9.78. The largest absolute Gasteiger partial charge is 0.511 e. The Hall–Kier alpha value is -2.77. The Morgan fingerprint density at radius 2 is 1.97 bits per heavy atom. The van der Waals surface area contributed by atoms with Gasteiger partial charge in [0.1, 0.15) is 23.8 Å². The quantitative estimate of drug-likeness (QED) is 0.381. The molecule has 8 heteroatoms. The number of fused-ring (bicyclic) bond motifs is 1. The van der Waals surface area contributed by atoms with E-state index in [1.807, 2.05) is 16.8 Å². The maximum absolute atomic E-state index is 13.9. The maximum atomic E-state index is 13.9. The molecule has 6 nitrogen and oxygen atoms in total. The number of carbonyl (C=O) groups is 1. The molecular weight excluding hydrogens is 413 g/mol. The van der Waals surface area contributed by atoms with Gasteiger partial charge in [0.15, 0.2) is 0 Å². The van der Waals surface area contributed by atoms with Crippen molar-refractivity contribution < 1.29 is 28.9 Å². The molecule has 3 rings (SSSR count). The van der Waals surface area contributed by atoms with E-state index >= 15 is 0 Å². The van der Waals surface area contributed by atoms with Gasteiger partial charge in [-0.05, 0) is 56.2 Å². The SMILES string of the molecule is CC(C)(F)COc1ccc(Cl)cc1Cn1cc(CCO)c2c(OC(=O)O)cccc21. The third kappa shape index (κ3) is 5.23. The molecule has 0 radical (unpaired) electrons. The lowest BCUT2D eigenvalue weighted by atomic mass is 10.1. The molecule has 0 atom stereocenters. The molecule has 1 heterocycles. The molecule has 0 bridgehead atoms. The van der Waals surface area contributed by atoms with E-state index in [4.69, 9.17) is 26.2 Å². The highest BCUT2D eigenvalue weighted by Crippen LogP contribution is 2.33. The zero-order valence-corrected chi connectivity index (χ0v) is 17.4. The number of aliphatic hydroxyl groups excluding tert-OH is 1. The van der Waals surface area contributed by atoms with Crippen LogP contribution in [0.1, 0.15) is 25.0 Å². The van der Waals surface area contributed by atoms with Gasteiger partial charge in [-0.1, -0.05) is 17.7 Å². The van der Waals surface area contributed by atoms with Crippen molar-refractivity contribution in [1.82, 2.24) is 4.57 Å². The number of rotatable bonds is 8. The zero-order valence-electron chi connectivity index (χ0n) is 16.7. The maximum Gasteiger partial charge on any atom is 0.511 e. The van der Waals surface area contributed by atoms with Gasteiger partial charge in [-0.25, -0.2) is 9.18 Å². The number of halogens is 2. The topological polar surface area (TPSA) is 80.9 Å². The molecular formula is C22H23ClFNO5. The number of ether oxygens (including phenoxy) is 2. The summed E-state index contributed by atoms with van der Waals surface area (Å²) in [6.45, 7) is 3.01. The van der Waals surface area contributed by atoms with E-state index in [0.717, 1.165) is 16.6 Å². The molecule has 0 saturated carbocycles. The van der Waals surface area contributed by atoms with Crippen molar-refractivity contribution in [2.45, 2.75) is 32.5 Å². The molecule has 0 fully saturated rings. The number of carboxylic acid groups (broad SMARTS) is 1. The van der Waals surface area contributed by atoms with Crippen LogP contribution < -0.4 is 9.47 Å². The molecule has 0 spiro atoms. The van der Waals surface area contributed by atoms with E-state index in [1.165, 1.54) is 13.8 Å². The lowest BCUT2D eigenvalue weighted by molar-refractivity contribution is 0.120. The molecule has 30 heavy (non-hydrogen) atoms. The third-order valence-electron chi connectivity index (χ3n) is 4.46. The van der Waals surface area contributed by atoms with Crippen LogP contribution in [0.15, 0.2) is 42.6 Å². The number of alkyl halides is 1. The molecule has 1 aromatic heterocycles. The van der Waals surface area contributed by atoms with Crippen LogP contribution in [0.25, 0.3) is 10.9 Å². The van der Waals surface area contributed by atoms with Crippen molar-refractivity contribution in [2.75, 3.05) is 13.2 Å². The Morgan fingerprint density at radius 1 is 1.20 bits per heavy atom. The van der Waals surface area contributed by atoms with E-state index in [1.54, 1.807) is 30.3 Å². The second-order valence-corrected chi connectivity index (χ2v) is 7.97. The van der Waals surface area contributed by atoms with E-state index < -0.39 is 11.8 Å². The molecule has 0 aliphatic carbocycles. The second-order valence-electron chi connectivity index (χ2n) is 7.53. The van der Waals surface area contributed by atoms with Crippen LogP contribution in [0.5, 0.6) is 11.5 Å². The van der Waals surface area contributed by atoms with E-state index in [2.05, 4.69) is 0 Å². The van der Waals surface area contributed by atoms with Gasteiger partial charge in [0, 0.05) is 28.8 Å². The highest BCUT2D eigenvalue weighted by molar-refractivity contribution is 6.30. The highest BCUT2D eigenvalue weighted by atomic mass is 35.5. The first kappa shape index (κ1) is 21.9. The Labute approximate surface area is 178 Å². The molecule has 3 aromatic rings. The van der Waals surface area contributed by atoms with Gasteiger partial charge in [0.05, 0.1) is 12.1 Å². The van der Waals surface area contributed by atoms with Crippen LogP contribution in [0.4, 0.5) is 9.18 Å². The lowest BCUT2D eigenvalue weighted by Crippen LogP contribution is -2.23. The van der Waals surface area contributed by atoms with Gasteiger partial charge in [-0.3, -0.25) is 0 Å². The molecule has 0 aliphatic heterocycles. The molecule has 0 amide bonds. The van der Waals surface area contributed by atoms with Crippen molar-refractivity contribution in [3.05, 3.63) is 58.7 Å². The Balaban J connectivity index is 2.04. The number of hydrogen-bond acceptors (Lipinski definition) is 4. The minimum absolute atomic E-state index is 0.0996. The second kappa shape index (κ2) is 8.93. The molecule has 0 saturated heterocycles. The Morgan fingerprint density at radius 3 is 2.63 bits per heavy atom. The predicted molar refractivity (Wildman–Crippen MR) is 113 cm³/mol. The fourth-order valence-electron chi connectivity index (χ4n) is 3.27. The van der Waals surface area contributed by atoms with E-state index in [-0.39, 0.29) is 19.0 Å². The van der Waals surface area contributed by atoms with Crippen molar-refractivity contribution in [1.29, 1.82) is 0 Å². The van der Waals surface area contributed by atoms with Crippen LogP contribution in [0.3, 0.4) is 0 Å². The lowest BCUT2D eigenvalue weighted by Gasteiger charge is -2.18. The number of benzene rings is 2. The van der Waals surface area contributed by atoms with E-state index in [0.29, 0.717) is 29.1 Å². The van der Waals surface area contributed by atoms with Crippen LogP contribution >= 0.6 is 11.6 Å². The fraction of sp³-hybridized carbons (Fsp3) is 0.318. The smallest absolute Gasteiger partial charge is 0.490 e. The summed E-state index contributed by atoms with van der Waals surface area (Å²) in [5, 5.41) is 19.6. The first-order valence-electron chi connectivity index (χ1n) is 9.40. The summed E-state index contributed by atoms with van der Waals surface area (Å²) in [5.74, 6) is 0.706. The van der Waals surface area contributed by atoms with Gasteiger partial charge >= 0.3 is 6.16 Å². The summed E-state index contributed by atoms with van der Waals surface area (Å²) in [7, 11) is 0. The summed E-state index contributed by atoms with van der Waals surface area (Å²) >= 11 is 6.17. The average molecular weight is 436 g/mol. The number of hydrogen-bond donors (Lipinski definition) is 2. The summed E-state index contributed by atoms with van der Waals surface area (Å²) in [5.41, 5.74) is 0.727. The van der Waals surface area contributed by atoms with Crippen molar-refractivity contribution in [2.24, 2.45) is 0 Å². The Kier molecular flexibility index (Phi) is 6.53. The minimum atomic E-state index is -1.49. The molecule has 2 N–H and O–H groups in total.